The molecule has 2 fully saturated rings. The Bertz CT molecular complexity index is 833. The summed E-state index contributed by atoms with van der Waals surface area (Å²) in [5, 5.41) is 3.15. The third-order valence-electron chi connectivity index (χ3n) is 5.37. The molecule has 0 unspecified atom stereocenters. The van der Waals surface area contributed by atoms with Crippen LogP contribution in [0.1, 0.15) is 28.9 Å². The number of rotatable bonds is 6. The molecule has 0 aliphatic carbocycles. The quantitative estimate of drug-likeness (QED) is 0.782. The lowest BCUT2D eigenvalue weighted by atomic mass is 10.1. The fourth-order valence-corrected chi connectivity index (χ4v) is 3.82. The summed E-state index contributed by atoms with van der Waals surface area (Å²) in [5.41, 5.74) is 2.17. The van der Waals surface area contributed by atoms with Gasteiger partial charge < -0.3 is 15.0 Å². The highest BCUT2D eigenvalue weighted by atomic mass is 35.5. The van der Waals surface area contributed by atoms with E-state index in [1.165, 1.54) is 11.8 Å². The van der Waals surface area contributed by atoms with Gasteiger partial charge in [0.15, 0.2) is 5.69 Å². The third kappa shape index (κ3) is 5.23. The Labute approximate surface area is 176 Å². The Kier molecular flexibility index (Phi) is 6.59. The summed E-state index contributed by atoms with van der Waals surface area (Å²) in [4.78, 5) is 25.9. The van der Waals surface area contributed by atoms with Gasteiger partial charge in [-0.3, -0.25) is 9.69 Å². The summed E-state index contributed by atoms with van der Waals surface area (Å²) in [5.74, 6) is 0.245. The van der Waals surface area contributed by atoms with Crippen LogP contribution in [0.4, 0.5) is 11.6 Å². The van der Waals surface area contributed by atoms with Crippen LogP contribution in [0.15, 0.2) is 30.5 Å². The highest BCUT2D eigenvalue weighted by Crippen LogP contribution is 2.21. The van der Waals surface area contributed by atoms with Gasteiger partial charge in [-0.25, -0.2) is 9.97 Å². The maximum atomic E-state index is 12.7. The van der Waals surface area contributed by atoms with Gasteiger partial charge in [-0.2, -0.15) is 0 Å². The van der Waals surface area contributed by atoms with Crippen molar-refractivity contribution in [2.24, 2.45) is 0 Å². The number of nitrogens with one attached hydrogen (secondary N) is 1. The number of carbonyl (C=O) groups excluding carboxylic acids is 1. The van der Waals surface area contributed by atoms with Gasteiger partial charge in [0, 0.05) is 38.4 Å². The van der Waals surface area contributed by atoms with Crippen LogP contribution in [0.3, 0.4) is 0 Å². The van der Waals surface area contributed by atoms with Gasteiger partial charge in [-0.05, 0) is 37.0 Å². The first-order valence-corrected chi connectivity index (χ1v) is 10.5. The molecule has 0 spiro atoms. The molecule has 3 heterocycles. The zero-order valence-corrected chi connectivity index (χ0v) is 17.2. The molecule has 2 aliphatic rings. The number of benzene rings is 1. The molecule has 0 saturated carbocycles. The molecule has 7 nitrogen and oxygen atoms in total. The number of ether oxygens (including phenoxy) is 1. The molecule has 1 aromatic heterocycles. The normalized spacial score (nSPS) is 17.5. The topological polar surface area (TPSA) is 70.6 Å². The first-order valence-electron chi connectivity index (χ1n) is 10.2. The molecule has 2 saturated heterocycles. The van der Waals surface area contributed by atoms with Crippen LogP contribution in [-0.2, 0) is 11.2 Å². The first-order chi connectivity index (χ1) is 14.2. The van der Waals surface area contributed by atoms with Crippen molar-refractivity contribution in [3.05, 3.63) is 46.7 Å². The molecule has 0 atom stereocenters. The summed E-state index contributed by atoms with van der Waals surface area (Å²) in [6.07, 6.45) is 4.72. The van der Waals surface area contributed by atoms with E-state index in [0.29, 0.717) is 5.95 Å². The number of nitrogens with zero attached hydrogens (tertiary/aromatic N) is 4. The Morgan fingerprint density at radius 1 is 1.10 bits per heavy atom. The molecule has 1 aromatic carbocycles. The van der Waals surface area contributed by atoms with Crippen molar-refractivity contribution in [3.8, 4) is 0 Å². The Morgan fingerprint density at radius 3 is 2.55 bits per heavy atom. The second-order valence-electron chi connectivity index (χ2n) is 7.42. The van der Waals surface area contributed by atoms with Crippen LogP contribution in [0.2, 0.25) is 5.02 Å². The van der Waals surface area contributed by atoms with Crippen molar-refractivity contribution < 1.29 is 9.53 Å². The van der Waals surface area contributed by atoms with Crippen molar-refractivity contribution >= 4 is 29.1 Å². The minimum atomic E-state index is -0.320. The van der Waals surface area contributed by atoms with E-state index in [-0.39, 0.29) is 16.6 Å². The van der Waals surface area contributed by atoms with Gasteiger partial charge in [0.25, 0.3) is 5.91 Å². The molecular weight excluding hydrogens is 390 g/mol. The Hall–Kier alpha value is -2.22. The molecule has 154 valence electrons. The van der Waals surface area contributed by atoms with Crippen LogP contribution < -0.4 is 10.2 Å². The van der Waals surface area contributed by atoms with Gasteiger partial charge in [0.2, 0.25) is 5.95 Å². The summed E-state index contributed by atoms with van der Waals surface area (Å²) in [6.45, 7) is 6.46. The lowest BCUT2D eigenvalue weighted by molar-refractivity contribution is 0.0384. The van der Waals surface area contributed by atoms with Crippen molar-refractivity contribution in [2.45, 2.75) is 19.3 Å². The van der Waals surface area contributed by atoms with Gasteiger partial charge >= 0.3 is 0 Å². The van der Waals surface area contributed by atoms with Crippen molar-refractivity contribution in [1.29, 1.82) is 0 Å². The average molecular weight is 416 g/mol. The van der Waals surface area contributed by atoms with E-state index in [2.05, 4.69) is 25.1 Å². The predicted molar refractivity (Wildman–Crippen MR) is 114 cm³/mol. The van der Waals surface area contributed by atoms with E-state index < -0.39 is 0 Å². The SMILES string of the molecule is O=C(Nc1ccc(CCN2CCOCC2)cc1)c1nc(N2CCCC2)ncc1Cl. The molecule has 8 heteroatoms. The van der Waals surface area contributed by atoms with Crippen LogP contribution in [0, 0.1) is 0 Å². The number of amides is 1. The van der Waals surface area contributed by atoms with Crippen LogP contribution in [0.25, 0.3) is 0 Å². The fraction of sp³-hybridized carbons (Fsp3) is 0.476. The van der Waals surface area contributed by atoms with Gasteiger partial charge in [0.1, 0.15) is 0 Å². The minimum absolute atomic E-state index is 0.208. The lowest BCUT2D eigenvalue weighted by Crippen LogP contribution is -2.37. The van der Waals surface area contributed by atoms with E-state index in [0.717, 1.165) is 70.9 Å². The number of aromatic nitrogens is 2. The fourth-order valence-electron chi connectivity index (χ4n) is 3.64. The summed E-state index contributed by atoms with van der Waals surface area (Å²) in [6, 6.07) is 7.94. The number of hydrogen-bond acceptors (Lipinski definition) is 6. The number of morpholine rings is 1. The van der Waals surface area contributed by atoms with E-state index in [1.807, 2.05) is 24.3 Å². The van der Waals surface area contributed by atoms with Gasteiger partial charge in [-0.1, -0.05) is 23.7 Å². The van der Waals surface area contributed by atoms with Gasteiger partial charge in [-0.15, -0.1) is 0 Å². The molecule has 2 aromatic rings. The lowest BCUT2D eigenvalue weighted by Gasteiger charge is -2.26. The zero-order valence-electron chi connectivity index (χ0n) is 16.4. The molecule has 2 aliphatic heterocycles. The number of anilines is 2. The molecule has 1 amide bonds. The molecule has 0 bridgehead atoms. The summed E-state index contributed by atoms with van der Waals surface area (Å²) >= 11 is 6.19. The number of halogens is 1. The number of hydrogen-bond donors (Lipinski definition) is 1. The smallest absolute Gasteiger partial charge is 0.276 e. The maximum Gasteiger partial charge on any atom is 0.276 e. The summed E-state index contributed by atoms with van der Waals surface area (Å²) < 4.78 is 5.38. The van der Waals surface area contributed by atoms with E-state index >= 15 is 0 Å². The molecular formula is C21H26ClN5O2. The Morgan fingerprint density at radius 2 is 1.83 bits per heavy atom. The predicted octanol–water partition coefficient (Wildman–Crippen LogP) is 2.86. The number of carbonyl (C=O) groups is 1. The van der Waals surface area contributed by atoms with E-state index in [9.17, 15) is 4.79 Å². The van der Waals surface area contributed by atoms with Crippen LogP contribution >= 0.6 is 11.6 Å². The maximum absolute atomic E-state index is 12.7. The molecule has 1 N–H and O–H groups in total. The Balaban J connectivity index is 1.36. The summed E-state index contributed by atoms with van der Waals surface area (Å²) in [7, 11) is 0. The molecule has 29 heavy (non-hydrogen) atoms. The van der Waals surface area contributed by atoms with E-state index in [4.69, 9.17) is 16.3 Å². The van der Waals surface area contributed by atoms with Crippen LogP contribution in [-0.4, -0.2) is 66.7 Å². The third-order valence-corrected chi connectivity index (χ3v) is 5.64. The monoisotopic (exact) mass is 415 g/mol. The minimum Gasteiger partial charge on any atom is -0.379 e. The second kappa shape index (κ2) is 9.52. The largest absolute Gasteiger partial charge is 0.379 e. The van der Waals surface area contributed by atoms with Crippen LogP contribution in [0.5, 0.6) is 0 Å². The second-order valence-corrected chi connectivity index (χ2v) is 7.82. The van der Waals surface area contributed by atoms with Crippen molar-refractivity contribution in [2.75, 3.05) is 56.2 Å². The molecule has 4 rings (SSSR count). The van der Waals surface area contributed by atoms with Crippen molar-refractivity contribution in [3.63, 3.8) is 0 Å². The standard InChI is InChI=1S/C21H26ClN5O2/c22-18-15-23-21(27-8-1-2-9-27)25-19(18)20(28)24-17-5-3-16(4-6-17)7-10-26-11-13-29-14-12-26/h3-6,15H,1-2,7-14H2,(H,24,28). The average Bonchev–Trinajstić information content (AvgIpc) is 3.29. The molecule has 0 radical (unpaired) electrons. The van der Waals surface area contributed by atoms with Crippen molar-refractivity contribution in [1.82, 2.24) is 14.9 Å². The highest BCUT2D eigenvalue weighted by molar-refractivity contribution is 6.34. The zero-order chi connectivity index (χ0) is 20.1. The highest BCUT2D eigenvalue weighted by Gasteiger charge is 2.20. The first kappa shape index (κ1) is 20.1. The van der Waals surface area contributed by atoms with Gasteiger partial charge in [0.05, 0.1) is 24.4 Å². The van der Waals surface area contributed by atoms with E-state index in [1.54, 1.807) is 0 Å².